The third-order valence-electron chi connectivity index (χ3n) is 14.3. The molecule has 17 heteroatoms. The summed E-state index contributed by atoms with van der Waals surface area (Å²) in [4.78, 5) is 70.9. The van der Waals surface area contributed by atoms with Gasteiger partial charge in [0.1, 0.15) is 35.8 Å². The van der Waals surface area contributed by atoms with Crippen LogP contribution in [0.4, 0.5) is 5.82 Å². The van der Waals surface area contributed by atoms with Crippen molar-refractivity contribution in [2.75, 3.05) is 44.2 Å². The third kappa shape index (κ3) is 11.6. The Hall–Kier alpha value is -5.60. The minimum atomic E-state index is -0.886. The van der Waals surface area contributed by atoms with Gasteiger partial charge in [-0.05, 0) is 74.0 Å². The van der Waals surface area contributed by atoms with Crippen LogP contribution in [0.3, 0.4) is 0 Å². The number of unbranched alkanes of at least 4 members (excludes halogenated alkanes) is 1. The Morgan fingerprint density at radius 1 is 0.971 bits per heavy atom. The highest BCUT2D eigenvalue weighted by Crippen LogP contribution is 2.55. The SMILES string of the molecule is Cc1ncsc1-c1ccc([C@H](C)NC(=O)[C@@H]2C[C@@H](O)CN2C(=O)C(NC(=O)CCCCN2CCN(c3ccc(C(=O)NC4C(C)(C)C(Oc5ccc(C#N)c(Cl)c5)C4(C)C)cn3)CC2)C(C)(C)C)cc1. The molecule has 2 aliphatic heterocycles. The Labute approximate surface area is 421 Å². The average molecular weight is 995 g/mol. The number of likely N-dealkylation sites (tertiary alicyclic amines) is 1. The molecule has 1 saturated carbocycles. The molecular weight excluding hydrogens is 926 g/mol. The first-order valence-corrected chi connectivity index (χ1v) is 25.5. The summed E-state index contributed by atoms with van der Waals surface area (Å²) >= 11 is 7.84. The molecule has 2 aromatic heterocycles. The number of β-amino-alcohol motifs (C(OH)–C–C–N with tert-alkyl or cyclic N) is 1. The second kappa shape index (κ2) is 21.4. The van der Waals surface area contributed by atoms with Crippen LogP contribution >= 0.6 is 22.9 Å². The Kier molecular flexibility index (Phi) is 16.0. The van der Waals surface area contributed by atoms with Crippen molar-refractivity contribution in [1.82, 2.24) is 35.7 Å². The average Bonchev–Trinajstić information content (AvgIpc) is 3.95. The lowest BCUT2D eigenvalue weighted by atomic mass is 9.49. The molecule has 4 heterocycles. The maximum absolute atomic E-state index is 14.2. The lowest BCUT2D eigenvalue weighted by Gasteiger charge is -2.63. The monoisotopic (exact) mass is 993 g/mol. The molecule has 1 aliphatic carbocycles. The molecule has 1 unspecified atom stereocenters. The predicted octanol–water partition coefficient (Wildman–Crippen LogP) is 7.31. The van der Waals surface area contributed by atoms with Gasteiger partial charge in [-0.25, -0.2) is 9.97 Å². The fourth-order valence-corrected chi connectivity index (χ4v) is 11.6. The summed E-state index contributed by atoms with van der Waals surface area (Å²) in [6.45, 7) is 21.9. The van der Waals surface area contributed by atoms with Gasteiger partial charge < -0.3 is 35.6 Å². The Morgan fingerprint density at radius 2 is 1.67 bits per heavy atom. The maximum atomic E-state index is 14.2. The first kappa shape index (κ1) is 52.2. The van der Waals surface area contributed by atoms with Crippen molar-refractivity contribution in [2.45, 2.75) is 124 Å². The van der Waals surface area contributed by atoms with Crippen molar-refractivity contribution in [2.24, 2.45) is 16.2 Å². The van der Waals surface area contributed by atoms with E-state index in [4.69, 9.17) is 16.3 Å². The first-order chi connectivity index (χ1) is 33.1. The van der Waals surface area contributed by atoms with Gasteiger partial charge in [-0.3, -0.25) is 24.1 Å². The number of hydrogen-bond acceptors (Lipinski definition) is 12. The number of nitriles is 1. The summed E-state index contributed by atoms with van der Waals surface area (Å²) < 4.78 is 6.38. The minimum absolute atomic E-state index is 0.0123. The highest BCUT2D eigenvalue weighted by atomic mass is 35.5. The molecule has 70 heavy (non-hydrogen) atoms. The van der Waals surface area contributed by atoms with Crippen LogP contribution in [0.5, 0.6) is 5.75 Å². The Morgan fingerprint density at radius 3 is 2.27 bits per heavy atom. The van der Waals surface area contributed by atoms with Crippen LogP contribution in [0.25, 0.3) is 10.4 Å². The number of ether oxygens (including phenoxy) is 1. The highest BCUT2D eigenvalue weighted by Gasteiger charge is 2.64. The summed E-state index contributed by atoms with van der Waals surface area (Å²) in [6.07, 6.45) is 2.39. The van der Waals surface area contributed by atoms with E-state index in [1.807, 2.05) is 76.5 Å². The van der Waals surface area contributed by atoms with Crippen molar-refractivity contribution in [3.8, 4) is 22.3 Å². The van der Waals surface area contributed by atoms with Gasteiger partial charge in [0.05, 0.1) is 44.4 Å². The number of carbonyl (C=O) groups excluding carboxylic acids is 4. The largest absolute Gasteiger partial charge is 0.489 e. The van der Waals surface area contributed by atoms with Gasteiger partial charge in [0.15, 0.2) is 0 Å². The van der Waals surface area contributed by atoms with Gasteiger partial charge >= 0.3 is 0 Å². The molecular formula is C53H68ClN9O6S. The summed E-state index contributed by atoms with van der Waals surface area (Å²) in [5.41, 5.74) is 4.19. The number of piperazine rings is 1. The number of benzene rings is 2. The molecule has 4 atom stereocenters. The van der Waals surface area contributed by atoms with Gasteiger partial charge in [0.2, 0.25) is 17.7 Å². The topological polar surface area (TPSA) is 193 Å². The quantitative estimate of drug-likeness (QED) is 0.0823. The number of nitrogens with zero attached hydrogens (tertiary/aromatic N) is 6. The van der Waals surface area contributed by atoms with Crippen LogP contribution in [0.1, 0.15) is 114 Å². The van der Waals surface area contributed by atoms with E-state index >= 15 is 0 Å². The zero-order chi connectivity index (χ0) is 50.7. The van der Waals surface area contributed by atoms with Gasteiger partial charge in [0.25, 0.3) is 5.91 Å². The van der Waals surface area contributed by atoms with Crippen molar-refractivity contribution in [3.63, 3.8) is 0 Å². The number of nitrogens with one attached hydrogen (secondary N) is 3. The molecule has 2 saturated heterocycles. The molecule has 3 fully saturated rings. The Bertz CT molecular complexity index is 2550. The molecule has 374 valence electrons. The van der Waals surface area contributed by atoms with E-state index in [2.05, 4.69) is 69.5 Å². The fourth-order valence-electron chi connectivity index (χ4n) is 10.6. The van der Waals surface area contributed by atoms with Gasteiger partial charge in [-0.15, -0.1) is 11.3 Å². The maximum Gasteiger partial charge on any atom is 0.253 e. The number of anilines is 1. The van der Waals surface area contributed by atoms with Gasteiger partial charge in [-0.2, -0.15) is 5.26 Å². The molecule has 15 nitrogen and oxygen atoms in total. The number of aromatic nitrogens is 2. The van der Waals surface area contributed by atoms with Crippen LogP contribution < -0.4 is 25.6 Å². The molecule has 4 N–H and O–H groups in total. The Balaban J connectivity index is 0.831. The van der Waals surface area contributed by atoms with E-state index in [9.17, 15) is 29.5 Å². The minimum Gasteiger partial charge on any atom is -0.489 e. The van der Waals surface area contributed by atoms with Crippen LogP contribution in [0.2, 0.25) is 5.02 Å². The summed E-state index contributed by atoms with van der Waals surface area (Å²) in [5.74, 6) is 0.238. The summed E-state index contributed by atoms with van der Waals surface area (Å²) in [5, 5.41) is 29.5. The lowest BCUT2D eigenvalue weighted by Crippen LogP contribution is -2.74. The van der Waals surface area contributed by atoms with E-state index in [0.717, 1.165) is 66.7 Å². The molecule has 2 aromatic carbocycles. The van der Waals surface area contributed by atoms with Crippen LogP contribution in [-0.2, 0) is 14.4 Å². The molecule has 0 spiro atoms. The number of carbonyl (C=O) groups is 4. The number of thiazole rings is 1. The number of aliphatic hydroxyl groups is 1. The molecule has 4 aromatic rings. The van der Waals surface area contributed by atoms with Gasteiger partial charge in [0, 0.05) is 74.7 Å². The van der Waals surface area contributed by atoms with Gasteiger partial charge in [-0.1, -0.05) is 84.3 Å². The van der Waals surface area contributed by atoms with Crippen molar-refractivity contribution >= 4 is 52.4 Å². The van der Waals surface area contributed by atoms with Crippen molar-refractivity contribution in [3.05, 3.63) is 93.7 Å². The predicted molar refractivity (Wildman–Crippen MR) is 272 cm³/mol. The number of hydrogen-bond donors (Lipinski definition) is 4. The van der Waals surface area contributed by atoms with Crippen LogP contribution in [0, 0.1) is 34.5 Å². The third-order valence-corrected chi connectivity index (χ3v) is 15.6. The van der Waals surface area contributed by atoms with E-state index in [1.54, 1.807) is 35.7 Å². The number of amides is 4. The number of pyridine rings is 1. The van der Waals surface area contributed by atoms with E-state index in [1.165, 1.54) is 4.90 Å². The smallest absolute Gasteiger partial charge is 0.253 e. The number of aliphatic hydroxyl groups excluding tert-OH is 1. The number of rotatable bonds is 16. The second-order valence-corrected chi connectivity index (χ2v) is 22.6. The summed E-state index contributed by atoms with van der Waals surface area (Å²) in [7, 11) is 0. The first-order valence-electron chi connectivity index (χ1n) is 24.3. The zero-order valence-electron chi connectivity index (χ0n) is 41.8. The molecule has 0 radical (unpaired) electrons. The molecule has 4 amide bonds. The van der Waals surface area contributed by atoms with Crippen molar-refractivity contribution in [1.29, 1.82) is 5.26 Å². The van der Waals surface area contributed by atoms with Crippen molar-refractivity contribution < 1.29 is 29.0 Å². The fraction of sp³-hybridized carbons (Fsp3) is 0.528. The lowest BCUT2D eigenvalue weighted by molar-refractivity contribution is -0.164. The summed E-state index contributed by atoms with van der Waals surface area (Å²) in [6, 6.07) is 16.5. The van der Waals surface area contributed by atoms with E-state index in [0.29, 0.717) is 28.3 Å². The van der Waals surface area contributed by atoms with Crippen LogP contribution in [-0.4, -0.2) is 118 Å². The van der Waals surface area contributed by atoms with E-state index in [-0.39, 0.29) is 61.2 Å². The molecule has 7 rings (SSSR count). The highest BCUT2D eigenvalue weighted by molar-refractivity contribution is 7.13. The number of halogens is 1. The molecule has 3 aliphatic rings. The standard InChI is InChI=1S/C53H68ClN9O6S/c1-32(34-13-15-35(16-14-34)44-33(2)57-31-70-44)58-47(67)41-26-38(64)30-63(41)48(68)45(51(3,4)5)59-43(65)12-10-11-21-61-22-24-62(25-23-61)42-20-18-37(29-56-42)46(66)60-49-52(6,7)50(53(49,8)9)69-39-19-17-36(28-55)40(54)27-39/h13-20,27,29,31-32,38,41,45,49-50,64H,10-12,21-26,30H2,1-9H3,(H,58,67)(H,59,65)(H,60,66)/t32-,38+,41-,45?,49?,50?/m0/s1. The normalized spacial score (nSPS) is 21.7. The second-order valence-electron chi connectivity index (χ2n) is 21.4. The van der Waals surface area contributed by atoms with E-state index < -0.39 is 34.4 Å². The molecule has 0 bridgehead atoms. The zero-order valence-corrected chi connectivity index (χ0v) is 43.4. The van der Waals surface area contributed by atoms with Crippen LogP contribution in [0.15, 0.2) is 66.3 Å². The number of aryl methyl sites for hydroxylation is 1.